The van der Waals surface area contributed by atoms with Gasteiger partial charge in [-0.2, -0.15) is 0 Å². The van der Waals surface area contributed by atoms with Crippen LogP contribution < -0.4 is 10.1 Å². The molecule has 1 aromatic carbocycles. The molecule has 8 heteroatoms. The Morgan fingerprint density at radius 2 is 1.97 bits per heavy atom. The zero-order valence-corrected chi connectivity index (χ0v) is 17.1. The van der Waals surface area contributed by atoms with E-state index >= 15 is 0 Å². The average molecular weight is 421 g/mol. The molecular formula is C22H19N3O4S. The van der Waals surface area contributed by atoms with Gasteiger partial charge in [0.2, 0.25) is 5.91 Å². The summed E-state index contributed by atoms with van der Waals surface area (Å²) in [5.41, 5.74) is 3.33. The van der Waals surface area contributed by atoms with Gasteiger partial charge in [-0.05, 0) is 42.1 Å². The van der Waals surface area contributed by atoms with Crippen molar-refractivity contribution in [1.29, 1.82) is 0 Å². The third-order valence-corrected chi connectivity index (χ3v) is 5.76. The van der Waals surface area contributed by atoms with Crippen molar-refractivity contribution in [2.75, 3.05) is 0 Å². The molecule has 1 amide bonds. The molecule has 4 aromatic rings. The molecule has 4 heterocycles. The maximum absolute atomic E-state index is 12.3. The number of nitrogens with one attached hydrogen (secondary N) is 1. The fourth-order valence-electron chi connectivity index (χ4n) is 3.45. The molecule has 30 heavy (non-hydrogen) atoms. The second-order valence-corrected chi connectivity index (χ2v) is 8.20. The van der Waals surface area contributed by atoms with Crippen LogP contribution in [0.15, 0.2) is 56.9 Å². The van der Waals surface area contributed by atoms with Crippen molar-refractivity contribution in [3.63, 3.8) is 0 Å². The number of nitrogens with zero attached hydrogens (tertiary/aromatic N) is 2. The maximum atomic E-state index is 12.3. The fourth-order valence-corrected chi connectivity index (χ4v) is 4.13. The number of benzene rings is 1. The monoisotopic (exact) mass is 421 g/mol. The molecule has 0 saturated heterocycles. The van der Waals surface area contributed by atoms with E-state index in [2.05, 4.69) is 21.7 Å². The molecule has 3 aromatic heterocycles. The molecule has 0 fully saturated rings. The number of carbonyl (C=O) groups excluding carboxylic acids is 1. The Balaban J connectivity index is 1.18. The standard InChI is InChI=1S/C22H19N3O4S/c1-13-7-15-8-14(4-5-18(15)27-13)19-9-16(24-28-19)11-22(26)23-12-17-10-20(29-25-17)21-3-2-6-30-21/h2-6,8-10,13H,7,11-12H2,1H3,(H,23,26)/t13-/m0/s1. The van der Waals surface area contributed by atoms with E-state index in [9.17, 15) is 4.79 Å². The molecule has 1 aliphatic rings. The van der Waals surface area contributed by atoms with Gasteiger partial charge < -0.3 is 19.1 Å². The summed E-state index contributed by atoms with van der Waals surface area (Å²) >= 11 is 1.58. The van der Waals surface area contributed by atoms with Gasteiger partial charge in [0.25, 0.3) is 0 Å². The molecule has 1 N–H and O–H groups in total. The highest BCUT2D eigenvalue weighted by Crippen LogP contribution is 2.33. The predicted octanol–water partition coefficient (Wildman–Crippen LogP) is 4.24. The van der Waals surface area contributed by atoms with Crippen LogP contribution in [0.25, 0.3) is 22.0 Å². The summed E-state index contributed by atoms with van der Waals surface area (Å²) in [5.74, 6) is 2.09. The van der Waals surface area contributed by atoms with E-state index in [0.29, 0.717) is 29.5 Å². The summed E-state index contributed by atoms with van der Waals surface area (Å²) in [6.45, 7) is 2.34. The van der Waals surface area contributed by atoms with E-state index in [4.69, 9.17) is 13.8 Å². The van der Waals surface area contributed by atoms with Gasteiger partial charge in [-0.3, -0.25) is 4.79 Å². The van der Waals surface area contributed by atoms with Gasteiger partial charge in [-0.25, -0.2) is 0 Å². The number of hydrogen-bond donors (Lipinski definition) is 1. The Morgan fingerprint density at radius 1 is 1.13 bits per heavy atom. The lowest BCUT2D eigenvalue weighted by Crippen LogP contribution is -2.24. The minimum absolute atomic E-state index is 0.129. The van der Waals surface area contributed by atoms with Crippen molar-refractivity contribution in [1.82, 2.24) is 15.6 Å². The molecule has 0 aliphatic carbocycles. The molecule has 0 spiro atoms. The first-order valence-electron chi connectivity index (χ1n) is 9.66. The van der Waals surface area contributed by atoms with Crippen molar-refractivity contribution in [2.24, 2.45) is 0 Å². The van der Waals surface area contributed by atoms with E-state index < -0.39 is 0 Å². The molecule has 1 aliphatic heterocycles. The van der Waals surface area contributed by atoms with Crippen LogP contribution in [0.1, 0.15) is 23.9 Å². The van der Waals surface area contributed by atoms with Gasteiger partial charge in [0, 0.05) is 24.1 Å². The predicted molar refractivity (Wildman–Crippen MR) is 111 cm³/mol. The van der Waals surface area contributed by atoms with E-state index in [1.165, 1.54) is 0 Å². The second-order valence-electron chi connectivity index (χ2n) is 7.25. The zero-order valence-electron chi connectivity index (χ0n) is 16.3. The Labute approximate surface area is 176 Å². The summed E-state index contributed by atoms with van der Waals surface area (Å²) in [6, 6.07) is 13.5. The van der Waals surface area contributed by atoms with E-state index in [0.717, 1.165) is 28.2 Å². The van der Waals surface area contributed by atoms with Gasteiger partial charge in [0.15, 0.2) is 11.5 Å². The topological polar surface area (TPSA) is 90.4 Å². The van der Waals surface area contributed by atoms with Gasteiger partial charge in [0.1, 0.15) is 17.5 Å². The minimum atomic E-state index is -0.160. The Bertz CT molecular complexity index is 1180. The zero-order chi connectivity index (χ0) is 20.5. The number of ether oxygens (including phenoxy) is 1. The minimum Gasteiger partial charge on any atom is -0.490 e. The molecule has 1 atom stereocenters. The van der Waals surface area contributed by atoms with Crippen LogP contribution >= 0.6 is 11.3 Å². The molecule has 7 nitrogen and oxygen atoms in total. The lowest BCUT2D eigenvalue weighted by Gasteiger charge is -2.02. The third-order valence-electron chi connectivity index (χ3n) is 4.87. The Hall–Kier alpha value is -3.39. The molecular weight excluding hydrogens is 402 g/mol. The van der Waals surface area contributed by atoms with Crippen LogP contribution in [-0.4, -0.2) is 22.3 Å². The SMILES string of the molecule is C[C@H]1Cc2cc(-c3cc(CC(=O)NCc4cc(-c5cccs5)on4)no3)ccc2O1. The first-order chi connectivity index (χ1) is 14.6. The van der Waals surface area contributed by atoms with Crippen molar-refractivity contribution in [3.8, 4) is 27.7 Å². The molecule has 0 bridgehead atoms. The van der Waals surface area contributed by atoms with Gasteiger partial charge in [0.05, 0.1) is 23.5 Å². The number of aromatic nitrogens is 2. The highest BCUT2D eigenvalue weighted by molar-refractivity contribution is 7.13. The van der Waals surface area contributed by atoms with E-state index in [-0.39, 0.29) is 18.4 Å². The number of rotatable bonds is 6. The summed E-state index contributed by atoms with van der Waals surface area (Å²) in [6.07, 6.45) is 1.20. The highest BCUT2D eigenvalue weighted by Gasteiger charge is 2.20. The summed E-state index contributed by atoms with van der Waals surface area (Å²) < 4.78 is 16.5. The first kappa shape index (κ1) is 18.6. The van der Waals surface area contributed by atoms with Crippen molar-refractivity contribution >= 4 is 17.2 Å². The largest absolute Gasteiger partial charge is 0.490 e. The lowest BCUT2D eigenvalue weighted by molar-refractivity contribution is -0.120. The van der Waals surface area contributed by atoms with Crippen LogP contribution in [0, 0.1) is 0 Å². The van der Waals surface area contributed by atoms with Crippen molar-refractivity contribution in [2.45, 2.75) is 32.4 Å². The molecule has 5 rings (SSSR count). The number of fused-ring (bicyclic) bond motifs is 1. The molecule has 152 valence electrons. The van der Waals surface area contributed by atoms with E-state index in [1.807, 2.05) is 42.6 Å². The van der Waals surface area contributed by atoms with Crippen LogP contribution in [0.4, 0.5) is 0 Å². The van der Waals surface area contributed by atoms with Gasteiger partial charge in [-0.1, -0.05) is 16.4 Å². The Kier molecular flexibility index (Phi) is 4.84. The lowest BCUT2D eigenvalue weighted by atomic mass is 10.1. The Morgan fingerprint density at radius 3 is 2.83 bits per heavy atom. The van der Waals surface area contributed by atoms with E-state index in [1.54, 1.807) is 17.4 Å². The molecule has 0 saturated carbocycles. The smallest absolute Gasteiger partial charge is 0.226 e. The van der Waals surface area contributed by atoms with Crippen molar-refractivity contribution in [3.05, 3.63) is 64.8 Å². The number of carbonyl (C=O) groups is 1. The normalized spacial score (nSPS) is 15.0. The van der Waals surface area contributed by atoms with Crippen LogP contribution in [0.5, 0.6) is 5.75 Å². The summed E-state index contributed by atoms with van der Waals surface area (Å²) in [4.78, 5) is 13.3. The molecule has 0 radical (unpaired) electrons. The third kappa shape index (κ3) is 3.86. The number of hydrogen-bond acceptors (Lipinski definition) is 7. The number of thiophene rings is 1. The highest BCUT2D eigenvalue weighted by atomic mass is 32.1. The van der Waals surface area contributed by atoms with Crippen molar-refractivity contribution < 1.29 is 18.6 Å². The van der Waals surface area contributed by atoms with Gasteiger partial charge >= 0.3 is 0 Å². The van der Waals surface area contributed by atoms with Crippen LogP contribution in [-0.2, 0) is 24.2 Å². The number of amides is 1. The first-order valence-corrected chi connectivity index (χ1v) is 10.5. The quantitative estimate of drug-likeness (QED) is 0.501. The molecule has 0 unspecified atom stereocenters. The maximum Gasteiger partial charge on any atom is 0.226 e. The van der Waals surface area contributed by atoms with Crippen LogP contribution in [0.2, 0.25) is 0 Å². The van der Waals surface area contributed by atoms with Gasteiger partial charge in [-0.15, -0.1) is 11.3 Å². The van der Waals surface area contributed by atoms with Crippen LogP contribution in [0.3, 0.4) is 0 Å². The summed E-state index contributed by atoms with van der Waals surface area (Å²) in [7, 11) is 0. The average Bonchev–Trinajstić information content (AvgIpc) is 3.51. The summed E-state index contributed by atoms with van der Waals surface area (Å²) in [5, 5.41) is 12.8. The second kappa shape index (κ2) is 7.79. The fraction of sp³-hybridized carbons (Fsp3) is 0.227.